The molecule has 0 radical (unpaired) electrons. The van der Waals surface area contributed by atoms with Crippen molar-refractivity contribution >= 4 is 17.5 Å². The zero-order valence-corrected chi connectivity index (χ0v) is 14.3. The second-order valence-corrected chi connectivity index (χ2v) is 5.70. The zero-order chi connectivity index (χ0) is 18.5. The number of aromatic nitrogens is 2. The highest BCUT2D eigenvalue weighted by Crippen LogP contribution is 2.18. The Morgan fingerprint density at radius 3 is 2.65 bits per heavy atom. The summed E-state index contributed by atoms with van der Waals surface area (Å²) in [6.07, 6.45) is 3.21. The number of amides is 1. The van der Waals surface area contributed by atoms with E-state index in [2.05, 4.69) is 4.98 Å². The molecular weight excluding hydrogens is 334 g/mol. The fourth-order valence-corrected chi connectivity index (χ4v) is 2.63. The summed E-state index contributed by atoms with van der Waals surface area (Å²) in [6, 6.07) is 12.5. The van der Waals surface area contributed by atoms with Crippen molar-refractivity contribution in [3.05, 3.63) is 66.1 Å². The summed E-state index contributed by atoms with van der Waals surface area (Å²) in [5.41, 5.74) is 1.31. The van der Waals surface area contributed by atoms with Gasteiger partial charge in [0.25, 0.3) is 5.91 Å². The molecule has 2 heterocycles. The number of nitrogens with zero attached hydrogens (tertiary/aromatic N) is 3. The van der Waals surface area contributed by atoms with Crippen molar-refractivity contribution in [1.82, 2.24) is 14.3 Å². The van der Waals surface area contributed by atoms with Crippen molar-refractivity contribution in [2.24, 2.45) is 0 Å². The number of esters is 1. The standard InChI is InChI=1S/C19H19N3O4/c1-2-26-17(24)13-22(11-14-7-4-3-5-8-14)19(25)15-12-21-10-6-9-16(23)18(21)20-15/h3-10,12,23H,2,11,13H2,1H3. The largest absolute Gasteiger partial charge is 0.504 e. The molecule has 0 atom stereocenters. The van der Waals surface area contributed by atoms with Gasteiger partial charge in [-0.25, -0.2) is 4.98 Å². The topological polar surface area (TPSA) is 84.1 Å². The second-order valence-electron chi connectivity index (χ2n) is 5.70. The summed E-state index contributed by atoms with van der Waals surface area (Å²) in [5, 5.41) is 9.87. The van der Waals surface area contributed by atoms with Crippen molar-refractivity contribution < 1.29 is 19.4 Å². The first-order valence-electron chi connectivity index (χ1n) is 8.24. The van der Waals surface area contributed by atoms with E-state index in [0.717, 1.165) is 5.56 Å². The van der Waals surface area contributed by atoms with Crippen LogP contribution in [0.25, 0.3) is 5.65 Å². The van der Waals surface area contributed by atoms with Gasteiger partial charge in [0.1, 0.15) is 12.2 Å². The lowest BCUT2D eigenvalue weighted by Gasteiger charge is -2.20. The van der Waals surface area contributed by atoms with Crippen molar-refractivity contribution in [3.8, 4) is 5.75 Å². The molecule has 1 N–H and O–H groups in total. The van der Waals surface area contributed by atoms with Crippen molar-refractivity contribution in [2.45, 2.75) is 13.5 Å². The molecule has 2 aromatic heterocycles. The summed E-state index contributed by atoms with van der Waals surface area (Å²) in [5.74, 6) is -0.917. The lowest BCUT2D eigenvalue weighted by atomic mass is 10.2. The van der Waals surface area contributed by atoms with Crippen LogP contribution in [-0.2, 0) is 16.1 Å². The van der Waals surface area contributed by atoms with E-state index in [1.165, 1.54) is 17.2 Å². The Hall–Kier alpha value is -3.35. The van der Waals surface area contributed by atoms with Crippen molar-refractivity contribution in [2.75, 3.05) is 13.2 Å². The van der Waals surface area contributed by atoms with Gasteiger partial charge in [0, 0.05) is 18.9 Å². The minimum Gasteiger partial charge on any atom is -0.504 e. The Kier molecular flexibility index (Phi) is 5.17. The lowest BCUT2D eigenvalue weighted by molar-refractivity contribution is -0.143. The molecule has 1 aromatic carbocycles. The van der Waals surface area contributed by atoms with Crippen LogP contribution in [0, 0.1) is 0 Å². The van der Waals surface area contributed by atoms with Gasteiger partial charge in [-0.1, -0.05) is 30.3 Å². The van der Waals surface area contributed by atoms with Crippen LogP contribution in [0.15, 0.2) is 54.9 Å². The molecule has 0 bridgehead atoms. The zero-order valence-electron chi connectivity index (χ0n) is 14.3. The van der Waals surface area contributed by atoms with E-state index in [0.29, 0.717) is 0 Å². The SMILES string of the molecule is CCOC(=O)CN(Cc1ccccc1)C(=O)c1cn2cccc(O)c2n1. The third-order valence-electron chi connectivity index (χ3n) is 3.81. The summed E-state index contributed by atoms with van der Waals surface area (Å²) in [6.45, 7) is 2.03. The highest BCUT2D eigenvalue weighted by atomic mass is 16.5. The van der Waals surface area contributed by atoms with Crippen LogP contribution >= 0.6 is 0 Å². The van der Waals surface area contributed by atoms with Crippen LogP contribution in [0.5, 0.6) is 5.75 Å². The number of imidazole rings is 1. The molecule has 0 saturated heterocycles. The van der Waals surface area contributed by atoms with E-state index in [9.17, 15) is 14.7 Å². The first-order chi connectivity index (χ1) is 12.6. The fraction of sp³-hybridized carbons (Fsp3) is 0.211. The molecule has 7 heteroatoms. The van der Waals surface area contributed by atoms with E-state index >= 15 is 0 Å². The molecule has 7 nitrogen and oxygen atoms in total. The third kappa shape index (κ3) is 3.83. The molecule has 26 heavy (non-hydrogen) atoms. The molecule has 1 amide bonds. The van der Waals surface area contributed by atoms with Gasteiger partial charge in [-0.05, 0) is 24.6 Å². The van der Waals surface area contributed by atoms with Gasteiger partial charge < -0.3 is 19.1 Å². The molecule has 0 saturated carbocycles. The first kappa shape index (κ1) is 17.5. The molecule has 0 aliphatic rings. The average molecular weight is 353 g/mol. The van der Waals surface area contributed by atoms with Crippen LogP contribution in [0.1, 0.15) is 23.0 Å². The van der Waals surface area contributed by atoms with Gasteiger partial charge in [-0.2, -0.15) is 0 Å². The highest BCUT2D eigenvalue weighted by Gasteiger charge is 2.23. The molecule has 3 rings (SSSR count). The highest BCUT2D eigenvalue weighted by molar-refractivity contribution is 5.95. The maximum absolute atomic E-state index is 12.9. The quantitative estimate of drug-likeness (QED) is 0.687. The molecule has 134 valence electrons. The molecule has 0 aliphatic carbocycles. The van der Waals surface area contributed by atoms with Crippen LogP contribution in [0.2, 0.25) is 0 Å². The number of benzene rings is 1. The van der Waals surface area contributed by atoms with Crippen molar-refractivity contribution in [1.29, 1.82) is 0 Å². The van der Waals surface area contributed by atoms with Crippen LogP contribution in [-0.4, -0.2) is 44.4 Å². The van der Waals surface area contributed by atoms with E-state index in [1.807, 2.05) is 30.3 Å². The van der Waals surface area contributed by atoms with E-state index in [1.54, 1.807) is 23.6 Å². The summed E-state index contributed by atoms with van der Waals surface area (Å²) in [4.78, 5) is 30.4. The molecule has 0 aliphatic heterocycles. The normalized spacial score (nSPS) is 10.7. The molecule has 0 unspecified atom stereocenters. The summed E-state index contributed by atoms with van der Waals surface area (Å²) < 4.78 is 6.54. The lowest BCUT2D eigenvalue weighted by Crippen LogP contribution is -2.36. The number of fused-ring (bicyclic) bond motifs is 1. The Balaban J connectivity index is 1.89. The average Bonchev–Trinajstić information content (AvgIpc) is 3.07. The molecule has 0 spiro atoms. The van der Waals surface area contributed by atoms with Gasteiger partial charge in [-0.15, -0.1) is 0 Å². The van der Waals surface area contributed by atoms with E-state index < -0.39 is 11.9 Å². The Bertz CT molecular complexity index is 921. The van der Waals surface area contributed by atoms with Gasteiger partial charge >= 0.3 is 5.97 Å². The Morgan fingerprint density at radius 1 is 1.19 bits per heavy atom. The van der Waals surface area contributed by atoms with E-state index in [-0.39, 0.29) is 36.8 Å². The fourth-order valence-electron chi connectivity index (χ4n) is 2.63. The summed E-state index contributed by atoms with van der Waals surface area (Å²) in [7, 11) is 0. The van der Waals surface area contributed by atoms with E-state index in [4.69, 9.17) is 4.74 Å². The molecule has 3 aromatic rings. The second kappa shape index (κ2) is 7.69. The van der Waals surface area contributed by atoms with Crippen LogP contribution in [0.3, 0.4) is 0 Å². The van der Waals surface area contributed by atoms with Gasteiger partial charge in [0.2, 0.25) is 0 Å². The van der Waals surface area contributed by atoms with Gasteiger partial charge in [0.05, 0.1) is 6.61 Å². The number of carbonyl (C=O) groups is 2. The maximum Gasteiger partial charge on any atom is 0.325 e. The number of rotatable bonds is 6. The Morgan fingerprint density at radius 2 is 1.96 bits per heavy atom. The number of hydrogen-bond acceptors (Lipinski definition) is 5. The first-order valence-corrected chi connectivity index (χ1v) is 8.24. The predicted molar refractivity (Wildman–Crippen MR) is 94.7 cm³/mol. The number of hydrogen-bond donors (Lipinski definition) is 1. The minimum absolute atomic E-state index is 0.0217. The van der Waals surface area contributed by atoms with Crippen LogP contribution < -0.4 is 0 Å². The number of pyridine rings is 1. The van der Waals surface area contributed by atoms with Crippen LogP contribution in [0.4, 0.5) is 0 Å². The van der Waals surface area contributed by atoms with Gasteiger partial charge in [0.15, 0.2) is 11.4 Å². The minimum atomic E-state index is -0.483. The van der Waals surface area contributed by atoms with Gasteiger partial charge in [-0.3, -0.25) is 9.59 Å². The number of carbonyl (C=O) groups excluding carboxylic acids is 2. The van der Waals surface area contributed by atoms with Crippen molar-refractivity contribution in [3.63, 3.8) is 0 Å². The third-order valence-corrected chi connectivity index (χ3v) is 3.81. The summed E-state index contributed by atoms with van der Waals surface area (Å²) >= 11 is 0. The molecular formula is C19H19N3O4. The smallest absolute Gasteiger partial charge is 0.325 e. The molecule has 0 fully saturated rings. The monoisotopic (exact) mass is 353 g/mol. The maximum atomic E-state index is 12.9. The Labute approximate surface area is 150 Å². The predicted octanol–water partition coefficient (Wildman–Crippen LogP) is 2.25. The number of ether oxygens (including phenoxy) is 1. The number of aromatic hydroxyl groups is 1.